The SMILES string of the molecule is O=C(C=Cc1cc([N+](=O)[O-])cc2c1OCOC2)NNC(=O)Cn1c(C(F)(F)F)nc2ccccc21. The minimum absolute atomic E-state index is 0.0625. The molecule has 1 aliphatic heterocycles. The number of amides is 2. The molecular weight excluding hydrogens is 475 g/mol. The van der Waals surface area contributed by atoms with Crippen LogP contribution in [-0.4, -0.2) is 33.1 Å². The van der Waals surface area contributed by atoms with E-state index in [0.29, 0.717) is 15.9 Å². The molecular formula is C21H16F3N5O6. The highest BCUT2D eigenvalue weighted by molar-refractivity contribution is 5.93. The van der Waals surface area contributed by atoms with Gasteiger partial charge < -0.3 is 14.0 Å². The first-order chi connectivity index (χ1) is 16.6. The van der Waals surface area contributed by atoms with Gasteiger partial charge in [0.15, 0.2) is 6.79 Å². The Morgan fingerprint density at radius 1 is 1.23 bits per heavy atom. The summed E-state index contributed by atoms with van der Waals surface area (Å²) in [5.74, 6) is -2.72. The van der Waals surface area contributed by atoms with Gasteiger partial charge in [0.2, 0.25) is 5.82 Å². The maximum Gasteiger partial charge on any atom is 0.449 e. The Morgan fingerprint density at radius 2 is 2.00 bits per heavy atom. The van der Waals surface area contributed by atoms with Crippen molar-refractivity contribution in [2.45, 2.75) is 19.3 Å². The Balaban J connectivity index is 1.45. The van der Waals surface area contributed by atoms with E-state index in [4.69, 9.17) is 9.47 Å². The summed E-state index contributed by atoms with van der Waals surface area (Å²) in [6, 6.07) is 8.29. The lowest BCUT2D eigenvalue weighted by Gasteiger charge is -2.19. The number of halogens is 3. The van der Waals surface area contributed by atoms with Crippen LogP contribution in [0.15, 0.2) is 42.5 Å². The average molecular weight is 491 g/mol. The molecule has 0 radical (unpaired) electrons. The molecule has 1 aliphatic rings. The Hall–Kier alpha value is -4.46. The largest absolute Gasteiger partial charge is 0.467 e. The minimum atomic E-state index is -4.80. The zero-order chi connectivity index (χ0) is 25.2. The molecule has 2 aromatic carbocycles. The second kappa shape index (κ2) is 9.42. The number of imidazole rings is 1. The molecule has 0 spiro atoms. The van der Waals surface area contributed by atoms with E-state index in [-0.39, 0.29) is 35.7 Å². The van der Waals surface area contributed by atoms with Crippen LogP contribution in [0.4, 0.5) is 18.9 Å². The van der Waals surface area contributed by atoms with E-state index in [1.54, 1.807) is 0 Å². The quantitative estimate of drug-likeness (QED) is 0.318. The molecule has 0 saturated carbocycles. The highest BCUT2D eigenvalue weighted by atomic mass is 19.4. The Kier molecular flexibility index (Phi) is 6.38. The number of nitro groups is 1. The van der Waals surface area contributed by atoms with Gasteiger partial charge in [0.1, 0.15) is 12.3 Å². The molecule has 3 aromatic rings. The van der Waals surface area contributed by atoms with Crippen LogP contribution < -0.4 is 15.6 Å². The summed E-state index contributed by atoms with van der Waals surface area (Å²) in [7, 11) is 0. The van der Waals surface area contributed by atoms with E-state index in [9.17, 15) is 32.9 Å². The zero-order valence-electron chi connectivity index (χ0n) is 17.7. The van der Waals surface area contributed by atoms with Gasteiger partial charge in [-0.25, -0.2) is 4.98 Å². The third-order valence-electron chi connectivity index (χ3n) is 4.88. The van der Waals surface area contributed by atoms with Gasteiger partial charge in [0, 0.05) is 29.3 Å². The monoisotopic (exact) mass is 491 g/mol. The van der Waals surface area contributed by atoms with Gasteiger partial charge >= 0.3 is 6.18 Å². The number of fused-ring (bicyclic) bond motifs is 2. The van der Waals surface area contributed by atoms with Crippen molar-refractivity contribution < 1.29 is 37.2 Å². The van der Waals surface area contributed by atoms with Crippen LogP contribution in [0.25, 0.3) is 17.1 Å². The van der Waals surface area contributed by atoms with Crippen molar-refractivity contribution in [2.24, 2.45) is 0 Å². The van der Waals surface area contributed by atoms with Crippen molar-refractivity contribution in [2.75, 3.05) is 6.79 Å². The summed E-state index contributed by atoms with van der Waals surface area (Å²) in [5.41, 5.74) is 4.66. The van der Waals surface area contributed by atoms with E-state index in [1.807, 2.05) is 10.9 Å². The zero-order valence-corrected chi connectivity index (χ0v) is 17.7. The lowest BCUT2D eigenvalue weighted by Crippen LogP contribution is -2.42. The fourth-order valence-electron chi connectivity index (χ4n) is 3.43. The summed E-state index contributed by atoms with van der Waals surface area (Å²) in [6.45, 7) is -0.745. The van der Waals surface area contributed by atoms with Gasteiger partial charge in [-0.3, -0.25) is 30.6 Å². The summed E-state index contributed by atoms with van der Waals surface area (Å²) >= 11 is 0. The number of non-ortho nitro benzene ring substituents is 1. The molecule has 0 atom stereocenters. The summed E-state index contributed by atoms with van der Waals surface area (Å²) in [6.07, 6.45) is -2.58. The van der Waals surface area contributed by atoms with Crippen LogP contribution in [0.3, 0.4) is 0 Å². The van der Waals surface area contributed by atoms with Gasteiger partial charge in [-0.15, -0.1) is 0 Å². The Morgan fingerprint density at radius 3 is 2.74 bits per heavy atom. The number of hydrogen-bond acceptors (Lipinski definition) is 7. The Labute approximate surface area is 194 Å². The topological polar surface area (TPSA) is 138 Å². The van der Waals surface area contributed by atoms with Gasteiger partial charge in [-0.05, 0) is 18.2 Å². The van der Waals surface area contributed by atoms with Crippen molar-refractivity contribution in [1.29, 1.82) is 0 Å². The number of benzene rings is 2. The van der Waals surface area contributed by atoms with E-state index < -0.39 is 35.3 Å². The number of aromatic nitrogens is 2. The van der Waals surface area contributed by atoms with Crippen LogP contribution in [0.2, 0.25) is 0 Å². The molecule has 0 saturated heterocycles. The average Bonchev–Trinajstić information content (AvgIpc) is 3.20. The fourth-order valence-corrected chi connectivity index (χ4v) is 3.43. The summed E-state index contributed by atoms with van der Waals surface area (Å²) < 4.78 is 51.2. The normalized spacial score (nSPS) is 13.3. The minimum Gasteiger partial charge on any atom is -0.467 e. The van der Waals surface area contributed by atoms with Crippen LogP contribution in [-0.2, 0) is 33.7 Å². The smallest absolute Gasteiger partial charge is 0.449 e. The summed E-state index contributed by atoms with van der Waals surface area (Å²) in [4.78, 5) is 38.5. The third kappa shape index (κ3) is 5.22. The molecule has 2 N–H and O–H groups in total. The van der Waals surface area contributed by atoms with Gasteiger partial charge in [-0.1, -0.05) is 12.1 Å². The van der Waals surface area contributed by atoms with Crippen molar-refractivity contribution in [1.82, 2.24) is 20.4 Å². The van der Waals surface area contributed by atoms with Gasteiger partial charge in [-0.2, -0.15) is 13.2 Å². The molecule has 11 nitrogen and oxygen atoms in total. The first-order valence-corrected chi connectivity index (χ1v) is 9.94. The molecule has 1 aromatic heterocycles. The van der Waals surface area contributed by atoms with E-state index in [2.05, 4.69) is 4.98 Å². The fraction of sp³-hybridized carbons (Fsp3) is 0.190. The number of rotatable bonds is 5. The highest BCUT2D eigenvalue weighted by Crippen LogP contribution is 2.33. The summed E-state index contributed by atoms with van der Waals surface area (Å²) in [5, 5.41) is 11.1. The van der Waals surface area contributed by atoms with E-state index >= 15 is 0 Å². The number of hydrogen-bond donors (Lipinski definition) is 2. The standard InChI is InChI=1S/C21H16F3N5O6/c22-21(23,24)20-25-15-3-1-2-4-16(15)28(20)9-18(31)27-26-17(30)6-5-12-7-14(29(32)33)8-13-10-34-11-35-19(12)13/h1-8H,9-11H2,(H,26,30)(H,27,31). The number of carbonyl (C=O) groups is 2. The van der Waals surface area contributed by atoms with Crippen LogP contribution in [0, 0.1) is 10.1 Å². The second-order valence-corrected chi connectivity index (χ2v) is 7.27. The number of nitrogens with one attached hydrogen (secondary N) is 2. The molecule has 182 valence electrons. The lowest BCUT2D eigenvalue weighted by atomic mass is 10.1. The number of carbonyl (C=O) groups excluding carboxylic acids is 2. The van der Waals surface area contributed by atoms with Crippen molar-refractivity contribution in [3.63, 3.8) is 0 Å². The molecule has 2 heterocycles. The number of nitrogens with zero attached hydrogens (tertiary/aromatic N) is 3. The predicted octanol–water partition coefficient (Wildman–Crippen LogP) is 2.69. The number of alkyl halides is 3. The third-order valence-corrected chi connectivity index (χ3v) is 4.88. The number of hydrazine groups is 1. The molecule has 35 heavy (non-hydrogen) atoms. The first-order valence-electron chi connectivity index (χ1n) is 9.94. The molecule has 0 fully saturated rings. The maximum absolute atomic E-state index is 13.4. The molecule has 0 aliphatic carbocycles. The molecule has 0 bridgehead atoms. The first kappa shape index (κ1) is 23.7. The number of para-hydroxylation sites is 2. The maximum atomic E-state index is 13.4. The number of nitro benzene ring substituents is 1. The molecule has 2 amide bonds. The van der Waals surface area contributed by atoms with Crippen molar-refractivity contribution >= 4 is 34.6 Å². The molecule has 14 heteroatoms. The lowest BCUT2D eigenvalue weighted by molar-refractivity contribution is -0.385. The molecule has 4 rings (SSSR count). The molecule has 0 unspecified atom stereocenters. The van der Waals surface area contributed by atoms with E-state index in [0.717, 1.165) is 6.08 Å². The van der Waals surface area contributed by atoms with Crippen LogP contribution >= 0.6 is 0 Å². The highest BCUT2D eigenvalue weighted by Gasteiger charge is 2.38. The van der Waals surface area contributed by atoms with Gasteiger partial charge in [0.05, 0.1) is 22.6 Å². The van der Waals surface area contributed by atoms with Crippen molar-refractivity contribution in [3.8, 4) is 5.75 Å². The van der Waals surface area contributed by atoms with Gasteiger partial charge in [0.25, 0.3) is 17.5 Å². The Bertz CT molecular complexity index is 1350. The number of ether oxygens (including phenoxy) is 2. The van der Waals surface area contributed by atoms with Crippen molar-refractivity contribution in [3.05, 3.63) is 69.5 Å². The second-order valence-electron chi connectivity index (χ2n) is 7.27. The predicted molar refractivity (Wildman–Crippen MR) is 113 cm³/mol. The van der Waals surface area contributed by atoms with E-state index in [1.165, 1.54) is 42.5 Å². The van der Waals surface area contributed by atoms with Crippen LogP contribution in [0.1, 0.15) is 17.0 Å². The van der Waals surface area contributed by atoms with Crippen LogP contribution in [0.5, 0.6) is 5.75 Å².